The minimum Gasteiger partial charge on any atom is -0.381 e. The Labute approximate surface area is 141 Å². The highest BCUT2D eigenvalue weighted by Crippen LogP contribution is 2.18. The second-order valence-corrected chi connectivity index (χ2v) is 6.21. The second kappa shape index (κ2) is 6.84. The van der Waals surface area contributed by atoms with Gasteiger partial charge in [-0.25, -0.2) is 9.50 Å². The van der Waals surface area contributed by atoms with E-state index in [9.17, 15) is 0 Å². The van der Waals surface area contributed by atoms with Crippen molar-refractivity contribution in [2.24, 2.45) is 0 Å². The molecule has 0 saturated carbocycles. The van der Waals surface area contributed by atoms with Crippen LogP contribution in [0.1, 0.15) is 17.7 Å². The van der Waals surface area contributed by atoms with Crippen molar-refractivity contribution in [3.8, 4) is 0 Å². The summed E-state index contributed by atoms with van der Waals surface area (Å²) < 4.78 is 1.79. The molecule has 0 atom stereocenters. The molecule has 1 aromatic carbocycles. The average molecular weight is 325 g/mol. The van der Waals surface area contributed by atoms with Gasteiger partial charge in [0, 0.05) is 5.69 Å². The van der Waals surface area contributed by atoms with Gasteiger partial charge in [0.15, 0.2) is 11.5 Å². The summed E-state index contributed by atoms with van der Waals surface area (Å²) in [5, 5.41) is 7.79. The van der Waals surface area contributed by atoms with Gasteiger partial charge < -0.3 is 16.0 Å². The third kappa shape index (κ3) is 3.62. The summed E-state index contributed by atoms with van der Waals surface area (Å²) in [5.74, 6) is 0.908. The fourth-order valence-corrected chi connectivity index (χ4v) is 2.59. The molecule has 0 radical (unpaired) electrons. The first-order valence-corrected chi connectivity index (χ1v) is 8.01. The summed E-state index contributed by atoms with van der Waals surface area (Å²) >= 11 is 0. The summed E-state index contributed by atoms with van der Waals surface area (Å²) in [6.07, 6.45) is 3.67. The molecule has 0 saturated heterocycles. The van der Waals surface area contributed by atoms with Crippen LogP contribution in [0.25, 0.3) is 5.65 Å². The largest absolute Gasteiger partial charge is 0.381 e. The number of rotatable bonds is 6. The lowest BCUT2D eigenvalue weighted by Crippen LogP contribution is -2.14. The van der Waals surface area contributed by atoms with Gasteiger partial charge in [-0.1, -0.05) is 12.1 Å². The van der Waals surface area contributed by atoms with Crippen LogP contribution in [-0.4, -0.2) is 45.1 Å². The van der Waals surface area contributed by atoms with E-state index in [1.165, 1.54) is 5.56 Å². The zero-order chi connectivity index (χ0) is 17.1. The molecular weight excluding hydrogens is 302 g/mol. The maximum absolute atomic E-state index is 5.96. The first kappa shape index (κ1) is 16.2. The first-order valence-electron chi connectivity index (χ1n) is 8.01. The molecule has 3 rings (SSSR count). The summed E-state index contributed by atoms with van der Waals surface area (Å²) in [4.78, 5) is 10.9. The lowest BCUT2D eigenvalue weighted by molar-refractivity contribution is 0.399. The van der Waals surface area contributed by atoms with E-state index in [2.05, 4.69) is 39.4 Å². The molecule has 3 N–H and O–H groups in total. The van der Waals surface area contributed by atoms with Gasteiger partial charge in [-0.2, -0.15) is 4.98 Å². The van der Waals surface area contributed by atoms with E-state index < -0.39 is 0 Å². The maximum atomic E-state index is 5.96. The quantitative estimate of drug-likeness (QED) is 0.723. The SMILES string of the molecule is Cc1cccc(Nc2nc3c(N)ncc(CCCN(C)C)n3n2)c1. The fraction of sp³-hybridized carbons (Fsp3) is 0.353. The normalized spacial score (nSPS) is 11.3. The van der Waals surface area contributed by atoms with E-state index in [1.54, 1.807) is 10.7 Å². The van der Waals surface area contributed by atoms with Crippen molar-refractivity contribution in [1.82, 2.24) is 24.5 Å². The maximum Gasteiger partial charge on any atom is 0.247 e. The Morgan fingerprint density at radius 2 is 2.12 bits per heavy atom. The second-order valence-electron chi connectivity index (χ2n) is 6.21. The molecule has 0 bridgehead atoms. The smallest absolute Gasteiger partial charge is 0.247 e. The van der Waals surface area contributed by atoms with Crippen molar-refractivity contribution in [2.45, 2.75) is 19.8 Å². The molecule has 0 fully saturated rings. The Morgan fingerprint density at radius 3 is 2.88 bits per heavy atom. The molecule has 2 aromatic heterocycles. The van der Waals surface area contributed by atoms with E-state index in [4.69, 9.17) is 5.73 Å². The van der Waals surface area contributed by atoms with Gasteiger partial charge in [0.2, 0.25) is 5.95 Å². The minimum atomic E-state index is 0.385. The third-order valence-corrected chi connectivity index (χ3v) is 3.77. The van der Waals surface area contributed by atoms with E-state index in [1.807, 2.05) is 31.2 Å². The molecule has 126 valence electrons. The van der Waals surface area contributed by atoms with E-state index in [0.717, 1.165) is 30.8 Å². The Bertz CT molecular complexity index is 838. The Kier molecular flexibility index (Phi) is 4.61. The lowest BCUT2D eigenvalue weighted by Gasteiger charge is -2.09. The Hall–Kier alpha value is -2.67. The van der Waals surface area contributed by atoms with Crippen molar-refractivity contribution in [1.29, 1.82) is 0 Å². The number of hydrogen-bond acceptors (Lipinski definition) is 6. The number of anilines is 3. The van der Waals surface area contributed by atoms with Crippen LogP contribution in [0.3, 0.4) is 0 Å². The summed E-state index contributed by atoms with van der Waals surface area (Å²) in [5.41, 5.74) is 9.68. The van der Waals surface area contributed by atoms with Gasteiger partial charge in [-0.3, -0.25) is 0 Å². The molecule has 24 heavy (non-hydrogen) atoms. The zero-order valence-electron chi connectivity index (χ0n) is 14.3. The number of aryl methyl sites for hydroxylation is 2. The lowest BCUT2D eigenvalue weighted by atomic mass is 10.2. The molecule has 0 spiro atoms. The average Bonchev–Trinajstić information content (AvgIpc) is 2.94. The number of nitrogens with two attached hydrogens (primary N) is 1. The van der Waals surface area contributed by atoms with Crippen molar-refractivity contribution < 1.29 is 0 Å². The molecule has 0 amide bonds. The predicted molar refractivity (Wildman–Crippen MR) is 96.5 cm³/mol. The third-order valence-electron chi connectivity index (χ3n) is 3.77. The monoisotopic (exact) mass is 325 g/mol. The standard InChI is InChI=1S/C17H23N7/c1-12-6-4-7-13(10-12)20-17-21-16-15(18)19-11-14(24(16)22-17)8-5-9-23(2)3/h4,6-7,10-11H,5,8-9H2,1-3H3,(H2,18,19)(H,20,22). The summed E-state index contributed by atoms with van der Waals surface area (Å²) in [6.45, 7) is 3.06. The van der Waals surface area contributed by atoms with E-state index in [-0.39, 0.29) is 0 Å². The van der Waals surface area contributed by atoms with Crippen molar-refractivity contribution in [3.05, 3.63) is 41.7 Å². The molecule has 3 aromatic rings. The highest BCUT2D eigenvalue weighted by molar-refractivity contribution is 5.64. The van der Waals surface area contributed by atoms with Gasteiger partial charge in [0.25, 0.3) is 0 Å². The van der Waals surface area contributed by atoms with Gasteiger partial charge in [0.1, 0.15) is 0 Å². The topological polar surface area (TPSA) is 84.4 Å². The van der Waals surface area contributed by atoms with E-state index in [0.29, 0.717) is 17.4 Å². The van der Waals surface area contributed by atoms with Crippen LogP contribution in [0.15, 0.2) is 30.5 Å². The number of nitrogens with one attached hydrogen (secondary N) is 1. The molecule has 0 unspecified atom stereocenters. The molecule has 7 heteroatoms. The molecule has 0 aliphatic rings. The number of aromatic nitrogens is 4. The molecular formula is C17H23N7. The minimum absolute atomic E-state index is 0.385. The van der Waals surface area contributed by atoms with Gasteiger partial charge in [-0.05, 0) is 58.1 Å². The van der Waals surface area contributed by atoms with Crippen LogP contribution in [0, 0.1) is 6.92 Å². The number of nitrogen functional groups attached to an aromatic ring is 1. The van der Waals surface area contributed by atoms with Gasteiger partial charge >= 0.3 is 0 Å². The first-order chi connectivity index (χ1) is 11.5. The van der Waals surface area contributed by atoms with Gasteiger partial charge in [-0.15, -0.1) is 5.10 Å². The van der Waals surface area contributed by atoms with Crippen LogP contribution in [-0.2, 0) is 6.42 Å². The Morgan fingerprint density at radius 1 is 1.29 bits per heavy atom. The highest BCUT2D eigenvalue weighted by Gasteiger charge is 2.11. The fourth-order valence-electron chi connectivity index (χ4n) is 2.59. The molecule has 0 aliphatic carbocycles. The molecule has 2 heterocycles. The number of nitrogens with zero attached hydrogens (tertiary/aromatic N) is 5. The highest BCUT2D eigenvalue weighted by atomic mass is 15.4. The van der Waals surface area contributed by atoms with E-state index >= 15 is 0 Å². The molecule has 0 aliphatic heterocycles. The zero-order valence-corrected chi connectivity index (χ0v) is 14.3. The van der Waals surface area contributed by atoms with Crippen LogP contribution in [0.4, 0.5) is 17.5 Å². The Balaban J connectivity index is 1.87. The number of benzene rings is 1. The van der Waals surface area contributed by atoms with Crippen molar-refractivity contribution >= 4 is 23.1 Å². The van der Waals surface area contributed by atoms with Crippen molar-refractivity contribution in [3.63, 3.8) is 0 Å². The van der Waals surface area contributed by atoms with Crippen LogP contribution >= 0.6 is 0 Å². The van der Waals surface area contributed by atoms with Crippen LogP contribution in [0.5, 0.6) is 0 Å². The summed E-state index contributed by atoms with van der Waals surface area (Å²) in [7, 11) is 4.13. The van der Waals surface area contributed by atoms with Crippen LogP contribution in [0.2, 0.25) is 0 Å². The van der Waals surface area contributed by atoms with Crippen molar-refractivity contribution in [2.75, 3.05) is 31.7 Å². The van der Waals surface area contributed by atoms with Gasteiger partial charge in [0.05, 0.1) is 11.9 Å². The van der Waals surface area contributed by atoms with Crippen LogP contribution < -0.4 is 11.1 Å². The number of fused-ring (bicyclic) bond motifs is 1. The predicted octanol–water partition coefficient (Wildman–Crippen LogP) is 2.25. The summed E-state index contributed by atoms with van der Waals surface area (Å²) in [6, 6.07) is 8.08. The number of hydrogen-bond donors (Lipinski definition) is 2. The molecule has 7 nitrogen and oxygen atoms in total.